The van der Waals surface area contributed by atoms with E-state index in [0.717, 1.165) is 26.3 Å². The van der Waals surface area contributed by atoms with Gasteiger partial charge in [0.1, 0.15) is 12.6 Å². The third-order valence-electron chi connectivity index (χ3n) is 7.19. The van der Waals surface area contributed by atoms with E-state index < -0.39 is 28.5 Å². The molecule has 2 amide bonds. The Labute approximate surface area is 262 Å². The molecule has 0 aliphatic heterocycles. The van der Waals surface area contributed by atoms with E-state index in [1.165, 1.54) is 17.0 Å². The average Bonchev–Trinajstić information content (AvgIpc) is 3.03. The van der Waals surface area contributed by atoms with Gasteiger partial charge in [-0.25, -0.2) is 8.42 Å². The Morgan fingerprint density at radius 2 is 1.33 bits per heavy atom. The maximum Gasteiger partial charge on any atom is 0.264 e. The Morgan fingerprint density at radius 1 is 0.791 bits per heavy atom. The predicted octanol–water partition coefficient (Wildman–Crippen LogP) is 6.20. The summed E-state index contributed by atoms with van der Waals surface area (Å²) < 4.78 is 29.8. The predicted molar refractivity (Wildman–Crippen MR) is 174 cm³/mol. The summed E-state index contributed by atoms with van der Waals surface area (Å²) >= 11 is 3.41. The fourth-order valence-electron chi connectivity index (χ4n) is 4.63. The van der Waals surface area contributed by atoms with E-state index in [4.69, 9.17) is 0 Å². The lowest BCUT2D eigenvalue weighted by atomic mass is 10.0. The molecule has 0 aromatic heterocycles. The normalized spacial score (nSPS) is 12.6. The van der Waals surface area contributed by atoms with Crippen molar-refractivity contribution in [1.82, 2.24) is 10.2 Å². The molecule has 2 atom stereocenters. The molecule has 224 valence electrons. The van der Waals surface area contributed by atoms with Crippen LogP contribution < -0.4 is 9.62 Å². The Hall–Kier alpha value is -3.95. The standard InChI is InChI=1S/C34H36BrN3O4S/c1-3-26(2)36-34(40)32(23-27-13-7-4-8-14-27)37(24-28-15-9-5-10-16-28)33(39)25-38(30-21-19-29(35)20-22-30)43(41,42)31-17-11-6-12-18-31/h4-22,26,32H,3,23-25H2,1-2H3,(H,36,40)/t26-,32-/m1/s1. The van der Waals surface area contributed by atoms with E-state index in [9.17, 15) is 18.0 Å². The van der Waals surface area contributed by atoms with E-state index in [1.54, 1.807) is 42.5 Å². The lowest BCUT2D eigenvalue weighted by Crippen LogP contribution is -2.54. The minimum absolute atomic E-state index is 0.0654. The fraction of sp³-hybridized carbons (Fsp3) is 0.235. The third kappa shape index (κ3) is 8.55. The molecule has 0 heterocycles. The number of halogens is 1. The first-order chi connectivity index (χ1) is 20.7. The summed E-state index contributed by atoms with van der Waals surface area (Å²) in [6.45, 7) is 3.54. The number of nitrogens with one attached hydrogen (secondary N) is 1. The Kier molecular flexibility index (Phi) is 11.1. The van der Waals surface area contributed by atoms with Crippen LogP contribution in [0, 0.1) is 0 Å². The maximum atomic E-state index is 14.4. The molecule has 0 aliphatic rings. The van der Waals surface area contributed by atoms with Gasteiger partial charge in [-0.1, -0.05) is 102 Å². The van der Waals surface area contributed by atoms with Crippen molar-refractivity contribution >= 4 is 43.5 Å². The van der Waals surface area contributed by atoms with E-state index in [-0.39, 0.29) is 29.8 Å². The molecule has 0 radical (unpaired) electrons. The quantitative estimate of drug-likeness (QED) is 0.185. The lowest BCUT2D eigenvalue weighted by molar-refractivity contribution is -0.140. The van der Waals surface area contributed by atoms with Crippen molar-refractivity contribution in [3.8, 4) is 0 Å². The van der Waals surface area contributed by atoms with Crippen molar-refractivity contribution in [1.29, 1.82) is 0 Å². The molecule has 1 N–H and O–H groups in total. The van der Waals surface area contributed by atoms with Gasteiger partial charge in [-0.05, 0) is 60.9 Å². The molecule has 0 bridgehead atoms. The number of anilines is 1. The van der Waals surface area contributed by atoms with Crippen molar-refractivity contribution in [2.24, 2.45) is 0 Å². The Morgan fingerprint density at radius 3 is 1.88 bits per heavy atom. The van der Waals surface area contributed by atoms with Gasteiger partial charge in [0, 0.05) is 23.5 Å². The van der Waals surface area contributed by atoms with Gasteiger partial charge in [-0.2, -0.15) is 0 Å². The molecular formula is C34H36BrN3O4S. The number of benzene rings is 4. The van der Waals surface area contributed by atoms with Crippen LogP contribution >= 0.6 is 15.9 Å². The molecule has 4 rings (SSSR count). The highest BCUT2D eigenvalue weighted by molar-refractivity contribution is 9.10. The molecule has 4 aromatic rings. The zero-order valence-electron chi connectivity index (χ0n) is 24.3. The topological polar surface area (TPSA) is 86.8 Å². The summed E-state index contributed by atoms with van der Waals surface area (Å²) in [7, 11) is -4.13. The van der Waals surface area contributed by atoms with Crippen molar-refractivity contribution in [2.75, 3.05) is 10.8 Å². The van der Waals surface area contributed by atoms with Crippen LogP contribution in [0.25, 0.3) is 0 Å². The monoisotopic (exact) mass is 661 g/mol. The summed E-state index contributed by atoms with van der Waals surface area (Å²) in [4.78, 5) is 29.8. The smallest absolute Gasteiger partial charge is 0.264 e. The number of rotatable bonds is 13. The molecule has 0 unspecified atom stereocenters. The molecular weight excluding hydrogens is 626 g/mol. The Bertz CT molecular complexity index is 1590. The first-order valence-electron chi connectivity index (χ1n) is 14.2. The van der Waals surface area contributed by atoms with Gasteiger partial charge in [0.25, 0.3) is 10.0 Å². The van der Waals surface area contributed by atoms with Crippen molar-refractivity contribution in [3.63, 3.8) is 0 Å². The molecule has 9 heteroatoms. The van der Waals surface area contributed by atoms with Crippen molar-refractivity contribution in [2.45, 2.75) is 50.2 Å². The number of sulfonamides is 1. The molecule has 4 aromatic carbocycles. The van der Waals surface area contributed by atoms with Crippen LogP contribution in [0.1, 0.15) is 31.4 Å². The van der Waals surface area contributed by atoms with Gasteiger partial charge in [-0.3, -0.25) is 13.9 Å². The SMILES string of the molecule is CC[C@@H](C)NC(=O)[C@@H](Cc1ccccc1)N(Cc1ccccc1)C(=O)CN(c1ccc(Br)cc1)S(=O)(=O)c1ccccc1. The highest BCUT2D eigenvalue weighted by Crippen LogP contribution is 2.26. The first-order valence-corrected chi connectivity index (χ1v) is 16.4. The van der Waals surface area contributed by atoms with Crippen LogP contribution in [0.2, 0.25) is 0 Å². The van der Waals surface area contributed by atoms with Crippen LogP contribution in [-0.4, -0.2) is 43.8 Å². The molecule has 0 saturated heterocycles. The average molecular weight is 663 g/mol. The largest absolute Gasteiger partial charge is 0.352 e. The minimum Gasteiger partial charge on any atom is -0.352 e. The molecule has 0 spiro atoms. The van der Waals surface area contributed by atoms with Gasteiger partial charge in [0.05, 0.1) is 10.6 Å². The van der Waals surface area contributed by atoms with E-state index in [1.807, 2.05) is 74.5 Å². The lowest BCUT2D eigenvalue weighted by Gasteiger charge is -2.34. The van der Waals surface area contributed by atoms with E-state index in [2.05, 4.69) is 21.2 Å². The van der Waals surface area contributed by atoms with Gasteiger partial charge < -0.3 is 10.2 Å². The van der Waals surface area contributed by atoms with Gasteiger partial charge >= 0.3 is 0 Å². The molecule has 0 saturated carbocycles. The molecule has 7 nitrogen and oxygen atoms in total. The number of hydrogen-bond donors (Lipinski definition) is 1. The molecule has 43 heavy (non-hydrogen) atoms. The highest BCUT2D eigenvalue weighted by atomic mass is 79.9. The fourth-order valence-corrected chi connectivity index (χ4v) is 6.33. The van der Waals surface area contributed by atoms with Crippen LogP contribution in [0.4, 0.5) is 5.69 Å². The highest BCUT2D eigenvalue weighted by Gasteiger charge is 2.34. The van der Waals surface area contributed by atoms with Crippen molar-refractivity contribution in [3.05, 3.63) is 131 Å². The van der Waals surface area contributed by atoms with Gasteiger partial charge in [0.2, 0.25) is 11.8 Å². The van der Waals surface area contributed by atoms with Gasteiger partial charge in [-0.15, -0.1) is 0 Å². The number of carbonyl (C=O) groups is 2. The second kappa shape index (κ2) is 15.0. The van der Waals surface area contributed by atoms with E-state index >= 15 is 0 Å². The van der Waals surface area contributed by atoms with Gasteiger partial charge in [0.15, 0.2) is 0 Å². The molecule has 0 fully saturated rings. The number of amides is 2. The first kappa shape index (κ1) is 32.0. The van der Waals surface area contributed by atoms with Crippen molar-refractivity contribution < 1.29 is 18.0 Å². The second-order valence-electron chi connectivity index (χ2n) is 10.3. The zero-order valence-corrected chi connectivity index (χ0v) is 26.7. The van der Waals surface area contributed by atoms with Crippen LogP contribution in [0.5, 0.6) is 0 Å². The third-order valence-corrected chi connectivity index (χ3v) is 9.51. The number of hydrogen-bond acceptors (Lipinski definition) is 4. The summed E-state index contributed by atoms with van der Waals surface area (Å²) in [6, 6.07) is 32.7. The number of carbonyl (C=O) groups excluding carboxylic acids is 2. The maximum absolute atomic E-state index is 14.4. The summed E-state index contributed by atoms with van der Waals surface area (Å²) in [5, 5.41) is 3.05. The number of nitrogens with zero attached hydrogens (tertiary/aromatic N) is 2. The summed E-state index contributed by atoms with van der Waals surface area (Å²) in [5.41, 5.74) is 2.05. The Balaban J connectivity index is 1.78. The minimum atomic E-state index is -4.13. The molecule has 0 aliphatic carbocycles. The zero-order chi connectivity index (χ0) is 30.8. The van der Waals surface area contributed by atoms with Crippen LogP contribution in [0.3, 0.4) is 0 Å². The van der Waals surface area contributed by atoms with Crippen LogP contribution in [-0.2, 0) is 32.6 Å². The summed E-state index contributed by atoms with van der Waals surface area (Å²) in [6.07, 6.45) is 0.995. The van der Waals surface area contributed by atoms with Crippen LogP contribution in [0.15, 0.2) is 125 Å². The second-order valence-corrected chi connectivity index (χ2v) is 13.1. The summed E-state index contributed by atoms with van der Waals surface area (Å²) in [5.74, 6) is -0.782. The van der Waals surface area contributed by atoms with E-state index in [0.29, 0.717) is 5.69 Å².